The maximum atomic E-state index is 10.4. The highest BCUT2D eigenvalue weighted by molar-refractivity contribution is 7.80. The fourth-order valence-corrected chi connectivity index (χ4v) is 1.41. The molecule has 1 aromatic heterocycles. The van der Waals surface area contributed by atoms with E-state index in [1.54, 1.807) is 6.08 Å². The number of carboxylic acids is 1. The van der Waals surface area contributed by atoms with Gasteiger partial charge in [-0.25, -0.2) is 9.78 Å². The van der Waals surface area contributed by atoms with Gasteiger partial charge in [0.25, 0.3) is 0 Å². The van der Waals surface area contributed by atoms with Gasteiger partial charge >= 0.3 is 5.97 Å². The molecule has 0 aliphatic heterocycles. The van der Waals surface area contributed by atoms with Gasteiger partial charge in [-0.15, -0.1) is 11.3 Å². The number of aromatic nitrogens is 1. The highest BCUT2D eigenvalue weighted by atomic mass is 32.1. The molecule has 0 aliphatic rings. The third-order valence-electron chi connectivity index (χ3n) is 1.10. The van der Waals surface area contributed by atoms with Crippen LogP contribution in [0, 0.1) is 0 Å². The molecule has 0 atom stereocenters. The Hall–Kier alpha value is -0.810. The maximum absolute atomic E-state index is 10.4. The highest BCUT2D eigenvalue weighted by Crippen LogP contribution is 2.13. The second-order valence-electron chi connectivity index (χ2n) is 1.95. The summed E-state index contributed by atoms with van der Waals surface area (Å²) in [5, 5.41) is 9.25. The first-order chi connectivity index (χ1) is 5.74. The van der Waals surface area contributed by atoms with E-state index in [-0.39, 0.29) is 4.88 Å². The minimum Gasteiger partial charge on any atom is -0.477 e. The second-order valence-corrected chi connectivity index (χ2v) is 3.38. The van der Waals surface area contributed by atoms with Crippen molar-refractivity contribution in [1.82, 2.24) is 4.98 Å². The predicted molar refractivity (Wildman–Crippen MR) is 52.0 cm³/mol. The topological polar surface area (TPSA) is 50.2 Å². The van der Waals surface area contributed by atoms with Gasteiger partial charge in [0.2, 0.25) is 0 Å². The van der Waals surface area contributed by atoms with E-state index in [2.05, 4.69) is 17.6 Å². The molecular weight excluding hydrogens is 194 g/mol. The number of aromatic carboxylic acids is 1. The lowest BCUT2D eigenvalue weighted by molar-refractivity contribution is 0.0702. The van der Waals surface area contributed by atoms with Crippen molar-refractivity contribution >= 4 is 36.0 Å². The number of thiol groups is 1. The van der Waals surface area contributed by atoms with Gasteiger partial charge in [-0.05, 0) is 6.08 Å². The summed E-state index contributed by atoms with van der Waals surface area (Å²) < 4.78 is 0. The summed E-state index contributed by atoms with van der Waals surface area (Å²) in [6.07, 6.45) is 4.92. The Morgan fingerprint density at radius 1 is 1.83 bits per heavy atom. The molecule has 64 valence electrons. The van der Waals surface area contributed by atoms with Crippen LogP contribution < -0.4 is 0 Å². The van der Waals surface area contributed by atoms with Crippen LogP contribution in [0.4, 0.5) is 0 Å². The Bertz CT molecular complexity index is 306. The third kappa shape index (κ3) is 2.35. The van der Waals surface area contributed by atoms with E-state index in [4.69, 9.17) is 5.11 Å². The normalized spacial score (nSPS) is 10.8. The van der Waals surface area contributed by atoms with Gasteiger partial charge in [-0.2, -0.15) is 12.6 Å². The van der Waals surface area contributed by atoms with Crippen LogP contribution in [-0.4, -0.2) is 21.8 Å². The minimum atomic E-state index is -0.932. The summed E-state index contributed by atoms with van der Waals surface area (Å²) in [6.45, 7) is 0. The summed E-state index contributed by atoms with van der Waals surface area (Å²) in [5.74, 6) is -0.305. The molecule has 0 bridgehead atoms. The van der Waals surface area contributed by atoms with Crippen LogP contribution in [0.5, 0.6) is 0 Å². The van der Waals surface area contributed by atoms with Crippen molar-refractivity contribution in [1.29, 1.82) is 0 Å². The molecule has 0 aromatic carbocycles. The van der Waals surface area contributed by atoms with Crippen molar-refractivity contribution in [2.75, 3.05) is 5.75 Å². The lowest BCUT2D eigenvalue weighted by Crippen LogP contribution is -1.89. The van der Waals surface area contributed by atoms with Crippen molar-refractivity contribution in [3.05, 3.63) is 22.2 Å². The summed E-state index contributed by atoms with van der Waals surface area (Å²) in [5.41, 5.74) is 0. The van der Waals surface area contributed by atoms with Gasteiger partial charge in [0.15, 0.2) is 0 Å². The van der Waals surface area contributed by atoms with E-state index < -0.39 is 5.97 Å². The van der Waals surface area contributed by atoms with Gasteiger partial charge in [0, 0.05) is 5.75 Å². The molecule has 0 spiro atoms. The first-order valence-corrected chi connectivity index (χ1v) is 4.65. The standard InChI is InChI=1S/C7H7NO2S2/c9-7(10)5-4-8-6(12-5)2-1-3-11/h1-2,4,11H,3H2,(H,9,10). The van der Waals surface area contributed by atoms with Gasteiger partial charge in [0.05, 0.1) is 6.20 Å². The van der Waals surface area contributed by atoms with E-state index >= 15 is 0 Å². The molecule has 0 amide bonds. The van der Waals surface area contributed by atoms with E-state index in [0.29, 0.717) is 10.8 Å². The van der Waals surface area contributed by atoms with E-state index in [9.17, 15) is 4.79 Å². The smallest absolute Gasteiger partial charge is 0.347 e. The molecule has 1 heterocycles. The molecule has 1 rings (SSSR count). The van der Waals surface area contributed by atoms with Crippen LogP contribution in [0.15, 0.2) is 12.3 Å². The SMILES string of the molecule is O=C(O)c1cnc(C=CCS)s1. The first kappa shape index (κ1) is 9.28. The van der Waals surface area contributed by atoms with Crippen LogP contribution in [0.1, 0.15) is 14.7 Å². The zero-order valence-electron chi connectivity index (χ0n) is 6.10. The Labute approximate surface area is 79.2 Å². The van der Waals surface area contributed by atoms with Crippen molar-refractivity contribution in [3.8, 4) is 0 Å². The molecular formula is C7H7NO2S2. The van der Waals surface area contributed by atoms with Gasteiger partial charge in [-0.1, -0.05) is 6.08 Å². The van der Waals surface area contributed by atoms with E-state index in [1.165, 1.54) is 6.20 Å². The average Bonchev–Trinajstić information content (AvgIpc) is 2.48. The number of thiazole rings is 1. The molecule has 0 fully saturated rings. The largest absolute Gasteiger partial charge is 0.477 e. The summed E-state index contributed by atoms with van der Waals surface area (Å²) in [4.78, 5) is 14.6. The maximum Gasteiger partial charge on any atom is 0.347 e. The summed E-state index contributed by atoms with van der Waals surface area (Å²) in [6, 6.07) is 0. The highest BCUT2D eigenvalue weighted by Gasteiger charge is 2.05. The zero-order chi connectivity index (χ0) is 8.97. The number of rotatable bonds is 3. The lowest BCUT2D eigenvalue weighted by Gasteiger charge is -1.80. The number of hydrogen-bond donors (Lipinski definition) is 2. The Balaban J connectivity index is 2.77. The van der Waals surface area contributed by atoms with Crippen molar-refractivity contribution in [2.24, 2.45) is 0 Å². The molecule has 12 heavy (non-hydrogen) atoms. The third-order valence-corrected chi connectivity index (χ3v) is 2.26. The number of hydrogen-bond acceptors (Lipinski definition) is 4. The lowest BCUT2D eigenvalue weighted by atomic mass is 10.5. The monoisotopic (exact) mass is 201 g/mol. The predicted octanol–water partition coefficient (Wildman–Crippen LogP) is 1.78. The van der Waals surface area contributed by atoms with Crippen LogP contribution in [-0.2, 0) is 0 Å². The quantitative estimate of drug-likeness (QED) is 0.733. The molecule has 3 nitrogen and oxygen atoms in total. The fraction of sp³-hybridized carbons (Fsp3) is 0.143. The Kier molecular flexibility index (Phi) is 3.31. The van der Waals surface area contributed by atoms with Crippen LogP contribution in [0.3, 0.4) is 0 Å². The van der Waals surface area contributed by atoms with Gasteiger partial charge in [0.1, 0.15) is 9.88 Å². The van der Waals surface area contributed by atoms with E-state index in [0.717, 1.165) is 11.3 Å². The zero-order valence-corrected chi connectivity index (χ0v) is 7.81. The number of nitrogens with zero attached hydrogens (tertiary/aromatic N) is 1. The number of carbonyl (C=O) groups is 1. The molecule has 0 saturated heterocycles. The minimum absolute atomic E-state index is 0.258. The Morgan fingerprint density at radius 2 is 2.58 bits per heavy atom. The first-order valence-electron chi connectivity index (χ1n) is 3.20. The molecule has 0 unspecified atom stereocenters. The Morgan fingerprint density at radius 3 is 3.08 bits per heavy atom. The molecule has 1 aromatic rings. The molecule has 0 radical (unpaired) electrons. The van der Waals surface area contributed by atoms with Crippen molar-refractivity contribution in [3.63, 3.8) is 0 Å². The summed E-state index contributed by atoms with van der Waals surface area (Å²) in [7, 11) is 0. The molecule has 0 aliphatic carbocycles. The number of carboxylic acid groups (broad SMARTS) is 1. The van der Waals surface area contributed by atoms with Gasteiger partial charge < -0.3 is 5.11 Å². The van der Waals surface area contributed by atoms with Gasteiger partial charge in [-0.3, -0.25) is 0 Å². The van der Waals surface area contributed by atoms with Crippen LogP contribution in [0.2, 0.25) is 0 Å². The van der Waals surface area contributed by atoms with Crippen LogP contribution in [0.25, 0.3) is 6.08 Å². The van der Waals surface area contributed by atoms with E-state index in [1.807, 2.05) is 6.08 Å². The van der Waals surface area contributed by atoms with Crippen molar-refractivity contribution in [2.45, 2.75) is 0 Å². The summed E-state index contributed by atoms with van der Waals surface area (Å²) >= 11 is 5.12. The van der Waals surface area contributed by atoms with Crippen LogP contribution >= 0.6 is 24.0 Å². The fourth-order valence-electron chi connectivity index (χ4n) is 0.617. The molecule has 0 saturated carbocycles. The average molecular weight is 201 g/mol. The molecule has 5 heteroatoms. The van der Waals surface area contributed by atoms with Crippen molar-refractivity contribution < 1.29 is 9.90 Å². The second kappa shape index (κ2) is 4.27. The molecule has 1 N–H and O–H groups in total.